The number of nitrogens with two attached hydrogens (primary N) is 1. The monoisotopic (exact) mass is 234 g/mol. The van der Waals surface area contributed by atoms with Gasteiger partial charge in [0.2, 0.25) is 0 Å². The molecule has 1 atom stereocenters. The summed E-state index contributed by atoms with van der Waals surface area (Å²) in [6, 6.07) is 9.89. The number of hydrogen-bond donors (Lipinski definition) is 1. The molecule has 1 unspecified atom stereocenters. The molecule has 2 rings (SSSR count). The first kappa shape index (κ1) is 11.2. The molecular weight excluding hydrogens is 220 g/mol. The Bertz CT molecular complexity index is 513. The minimum absolute atomic E-state index is 0.474. The van der Waals surface area contributed by atoms with Gasteiger partial charge in [0.05, 0.1) is 5.52 Å². The minimum atomic E-state index is -0.859. The van der Waals surface area contributed by atoms with Gasteiger partial charge in [-0.1, -0.05) is 12.1 Å². The number of hydrogen-bond acceptors (Lipinski definition) is 3. The summed E-state index contributed by atoms with van der Waals surface area (Å²) in [6.07, 6.45) is 1.77. The lowest BCUT2D eigenvalue weighted by atomic mass is 10.1. The molecule has 2 aromatic rings. The number of pyridine rings is 1. The number of nitrogens with zero attached hydrogens (tertiary/aromatic N) is 1. The Morgan fingerprint density at radius 3 is 3.00 bits per heavy atom. The molecule has 0 saturated heterocycles. The van der Waals surface area contributed by atoms with Gasteiger partial charge in [0.1, 0.15) is 0 Å². The number of rotatable bonds is 4. The van der Waals surface area contributed by atoms with Gasteiger partial charge in [-0.3, -0.25) is 9.19 Å². The third-order valence-corrected chi connectivity index (χ3v) is 3.69. The fourth-order valence-corrected chi connectivity index (χ4v) is 2.56. The highest BCUT2D eigenvalue weighted by Gasteiger charge is 2.02. The molecule has 2 N–H and O–H groups in total. The second-order valence-corrected chi connectivity index (χ2v) is 5.18. The molecule has 0 fully saturated rings. The van der Waals surface area contributed by atoms with Crippen molar-refractivity contribution in [3.63, 3.8) is 0 Å². The predicted octanol–water partition coefficient (Wildman–Crippen LogP) is 1.44. The van der Waals surface area contributed by atoms with Crippen molar-refractivity contribution in [2.75, 3.05) is 12.3 Å². The topological polar surface area (TPSA) is 56.0 Å². The number of aromatic nitrogens is 1. The molecule has 16 heavy (non-hydrogen) atoms. The zero-order valence-electron chi connectivity index (χ0n) is 8.93. The van der Waals surface area contributed by atoms with Gasteiger partial charge in [-0.2, -0.15) is 0 Å². The maximum atomic E-state index is 11.6. The van der Waals surface area contributed by atoms with Crippen LogP contribution in [0.5, 0.6) is 0 Å². The molecule has 0 saturated carbocycles. The highest BCUT2D eigenvalue weighted by Crippen LogP contribution is 2.14. The third-order valence-electron chi connectivity index (χ3n) is 2.34. The lowest BCUT2D eigenvalue weighted by Crippen LogP contribution is -2.11. The van der Waals surface area contributed by atoms with E-state index in [1.54, 1.807) is 6.20 Å². The fourth-order valence-electron chi connectivity index (χ4n) is 1.60. The zero-order chi connectivity index (χ0) is 11.4. The Balaban J connectivity index is 2.22. The van der Waals surface area contributed by atoms with Crippen molar-refractivity contribution in [3.8, 4) is 0 Å². The van der Waals surface area contributed by atoms with Gasteiger partial charge < -0.3 is 5.73 Å². The maximum Gasteiger partial charge on any atom is 0.0702 e. The molecule has 3 nitrogen and oxygen atoms in total. The van der Waals surface area contributed by atoms with Crippen LogP contribution >= 0.6 is 0 Å². The van der Waals surface area contributed by atoms with E-state index in [-0.39, 0.29) is 0 Å². The van der Waals surface area contributed by atoms with E-state index in [9.17, 15) is 4.21 Å². The number of fused-ring (bicyclic) bond motifs is 1. The summed E-state index contributed by atoms with van der Waals surface area (Å²) in [5, 5.41) is 1.09. The molecule has 1 heterocycles. The van der Waals surface area contributed by atoms with Crippen molar-refractivity contribution >= 4 is 21.7 Å². The van der Waals surface area contributed by atoms with Crippen LogP contribution in [0.15, 0.2) is 36.5 Å². The van der Waals surface area contributed by atoms with Crippen LogP contribution in [0.1, 0.15) is 5.56 Å². The van der Waals surface area contributed by atoms with E-state index in [0.717, 1.165) is 16.5 Å². The first-order valence-electron chi connectivity index (χ1n) is 5.18. The van der Waals surface area contributed by atoms with Crippen LogP contribution in [0, 0.1) is 0 Å². The van der Waals surface area contributed by atoms with Gasteiger partial charge in [-0.25, -0.2) is 0 Å². The van der Waals surface area contributed by atoms with Crippen molar-refractivity contribution < 1.29 is 4.21 Å². The minimum Gasteiger partial charge on any atom is -0.330 e. The first-order chi connectivity index (χ1) is 7.79. The Labute approximate surface area is 97.1 Å². The van der Waals surface area contributed by atoms with Crippen molar-refractivity contribution in [3.05, 3.63) is 42.1 Å². The van der Waals surface area contributed by atoms with Crippen molar-refractivity contribution in [1.82, 2.24) is 4.98 Å². The van der Waals surface area contributed by atoms with Crippen molar-refractivity contribution in [2.24, 2.45) is 5.73 Å². The van der Waals surface area contributed by atoms with Crippen LogP contribution < -0.4 is 5.73 Å². The van der Waals surface area contributed by atoms with Crippen LogP contribution in [-0.4, -0.2) is 21.5 Å². The molecule has 0 aliphatic heterocycles. The third kappa shape index (κ3) is 2.65. The summed E-state index contributed by atoms with van der Waals surface area (Å²) >= 11 is 0. The van der Waals surface area contributed by atoms with Gasteiger partial charge in [0.25, 0.3) is 0 Å². The van der Waals surface area contributed by atoms with Crippen LogP contribution in [0.2, 0.25) is 0 Å². The Morgan fingerprint density at radius 1 is 1.31 bits per heavy atom. The maximum absolute atomic E-state index is 11.6. The fraction of sp³-hybridized carbons (Fsp3) is 0.250. The average Bonchev–Trinajstić information content (AvgIpc) is 2.29. The highest BCUT2D eigenvalue weighted by atomic mass is 32.2. The van der Waals surface area contributed by atoms with Gasteiger partial charge in [-0.05, 0) is 23.8 Å². The van der Waals surface area contributed by atoms with Gasteiger partial charge in [0.15, 0.2) is 0 Å². The molecule has 0 bridgehead atoms. The summed E-state index contributed by atoms with van der Waals surface area (Å²) in [6.45, 7) is 0.474. The Kier molecular flexibility index (Phi) is 3.64. The molecule has 0 radical (unpaired) electrons. The van der Waals surface area contributed by atoms with Crippen LogP contribution in [0.25, 0.3) is 10.9 Å². The standard InChI is InChI=1S/C12H14N2OS/c13-5-7-16(15)9-10-3-4-12-11(8-10)2-1-6-14-12/h1-4,6,8H,5,7,9,13H2. The Hall–Kier alpha value is -1.26. The molecule has 1 aromatic carbocycles. The zero-order valence-corrected chi connectivity index (χ0v) is 9.74. The lowest BCUT2D eigenvalue weighted by Gasteiger charge is -2.03. The smallest absolute Gasteiger partial charge is 0.0702 e. The van der Waals surface area contributed by atoms with Crippen molar-refractivity contribution in [2.45, 2.75) is 5.75 Å². The summed E-state index contributed by atoms with van der Waals surface area (Å²) in [5.41, 5.74) is 7.42. The largest absolute Gasteiger partial charge is 0.330 e. The molecule has 4 heteroatoms. The van der Waals surface area contributed by atoms with Crippen LogP contribution in [0.3, 0.4) is 0 Å². The lowest BCUT2D eigenvalue weighted by molar-refractivity contribution is 0.682. The molecule has 0 amide bonds. The molecule has 0 aliphatic carbocycles. The van der Waals surface area contributed by atoms with E-state index < -0.39 is 10.8 Å². The van der Waals surface area contributed by atoms with E-state index >= 15 is 0 Å². The first-order valence-corrected chi connectivity index (χ1v) is 6.67. The van der Waals surface area contributed by atoms with Gasteiger partial charge in [0, 0.05) is 40.4 Å². The summed E-state index contributed by atoms with van der Waals surface area (Å²) in [5.74, 6) is 1.13. The molecule has 0 spiro atoms. The van der Waals surface area contributed by atoms with E-state index in [0.29, 0.717) is 18.1 Å². The second-order valence-electron chi connectivity index (χ2n) is 3.61. The predicted molar refractivity (Wildman–Crippen MR) is 67.5 cm³/mol. The Morgan fingerprint density at radius 2 is 2.19 bits per heavy atom. The molecule has 0 aliphatic rings. The second kappa shape index (κ2) is 5.18. The highest BCUT2D eigenvalue weighted by molar-refractivity contribution is 7.84. The summed E-state index contributed by atoms with van der Waals surface area (Å²) in [7, 11) is -0.859. The van der Waals surface area contributed by atoms with Crippen LogP contribution in [0.4, 0.5) is 0 Å². The summed E-state index contributed by atoms with van der Waals surface area (Å²) < 4.78 is 11.6. The molecule has 1 aromatic heterocycles. The van der Waals surface area contributed by atoms with E-state index in [4.69, 9.17) is 5.73 Å². The molecule has 84 valence electrons. The molecular formula is C12H14N2OS. The SMILES string of the molecule is NCCS(=O)Cc1ccc2ncccc2c1. The number of benzene rings is 1. The van der Waals surface area contributed by atoms with E-state index in [2.05, 4.69) is 4.98 Å². The van der Waals surface area contributed by atoms with E-state index in [1.807, 2.05) is 30.3 Å². The normalized spacial score (nSPS) is 12.8. The average molecular weight is 234 g/mol. The van der Waals surface area contributed by atoms with Gasteiger partial charge in [-0.15, -0.1) is 0 Å². The van der Waals surface area contributed by atoms with Gasteiger partial charge >= 0.3 is 0 Å². The quantitative estimate of drug-likeness (QED) is 0.871. The van der Waals surface area contributed by atoms with Crippen LogP contribution in [-0.2, 0) is 16.6 Å². The summed E-state index contributed by atoms with van der Waals surface area (Å²) in [4.78, 5) is 4.24. The van der Waals surface area contributed by atoms with Crippen molar-refractivity contribution in [1.29, 1.82) is 0 Å². The van der Waals surface area contributed by atoms with E-state index in [1.165, 1.54) is 0 Å².